The summed E-state index contributed by atoms with van der Waals surface area (Å²) in [6.07, 6.45) is 9.65. The van der Waals surface area contributed by atoms with Crippen molar-refractivity contribution in [3.8, 4) is 0 Å². The van der Waals surface area contributed by atoms with Gasteiger partial charge in [-0.1, -0.05) is 56.0 Å². The molecular formula is C31H40FN3O3. The van der Waals surface area contributed by atoms with Crippen LogP contribution in [0.25, 0.3) is 10.9 Å². The summed E-state index contributed by atoms with van der Waals surface area (Å²) in [6, 6.07) is 14.4. The number of para-hydroxylation sites is 1. The summed E-state index contributed by atoms with van der Waals surface area (Å²) in [7, 11) is 1.65. The number of halogens is 1. The summed E-state index contributed by atoms with van der Waals surface area (Å²) in [5.41, 5.74) is 3.07. The van der Waals surface area contributed by atoms with E-state index < -0.39 is 0 Å². The molecule has 38 heavy (non-hydrogen) atoms. The molecule has 6 nitrogen and oxygen atoms in total. The third kappa shape index (κ3) is 7.90. The molecule has 0 unspecified atom stereocenters. The molecule has 7 heteroatoms. The van der Waals surface area contributed by atoms with Crippen molar-refractivity contribution < 1.29 is 18.7 Å². The number of hydrogen-bond acceptors (Lipinski definition) is 3. The number of ether oxygens (including phenoxy) is 1. The van der Waals surface area contributed by atoms with Crippen LogP contribution in [0.4, 0.5) is 4.39 Å². The maximum atomic E-state index is 13.7. The van der Waals surface area contributed by atoms with Gasteiger partial charge in [-0.25, -0.2) is 4.39 Å². The van der Waals surface area contributed by atoms with Crippen molar-refractivity contribution in [2.75, 3.05) is 33.4 Å². The Balaban J connectivity index is 1.45. The van der Waals surface area contributed by atoms with Gasteiger partial charge in [0.05, 0.1) is 6.54 Å². The van der Waals surface area contributed by atoms with Crippen LogP contribution in [0.15, 0.2) is 54.7 Å². The van der Waals surface area contributed by atoms with Gasteiger partial charge in [0, 0.05) is 56.9 Å². The first kappa shape index (κ1) is 27.8. The second-order valence-electron chi connectivity index (χ2n) is 10.4. The number of amides is 2. The summed E-state index contributed by atoms with van der Waals surface area (Å²) in [4.78, 5) is 33.7. The molecule has 0 spiro atoms. The van der Waals surface area contributed by atoms with E-state index in [1.165, 1.54) is 37.8 Å². The number of rotatable bonds is 14. The van der Waals surface area contributed by atoms with Crippen molar-refractivity contribution in [1.29, 1.82) is 0 Å². The van der Waals surface area contributed by atoms with Gasteiger partial charge >= 0.3 is 0 Å². The lowest BCUT2D eigenvalue weighted by Gasteiger charge is -2.28. The van der Waals surface area contributed by atoms with Crippen LogP contribution in [0.5, 0.6) is 0 Å². The highest BCUT2D eigenvalue weighted by Crippen LogP contribution is 2.28. The maximum Gasteiger partial charge on any atom is 0.242 e. The molecule has 0 radical (unpaired) electrons. The fourth-order valence-electron chi connectivity index (χ4n) is 5.44. The number of methoxy groups -OCH3 is 1. The van der Waals surface area contributed by atoms with Gasteiger partial charge in [0.1, 0.15) is 5.82 Å². The number of fused-ring (bicyclic) bond motifs is 1. The van der Waals surface area contributed by atoms with Gasteiger partial charge < -0.3 is 19.5 Å². The molecule has 1 aliphatic rings. The Kier molecular flexibility index (Phi) is 10.3. The molecule has 2 amide bonds. The number of H-pyrrole nitrogens is 1. The van der Waals surface area contributed by atoms with Gasteiger partial charge in [-0.3, -0.25) is 9.59 Å². The van der Waals surface area contributed by atoms with Crippen LogP contribution in [0.2, 0.25) is 0 Å². The molecule has 0 bridgehead atoms. The Morgan fingerprint density at radius 3 is 2.53 bits per heavy atom. The molecule has 1 saturated carbocycles. The quantitative estimate of drug-likeness (QED) is 0.276. The Morgan fingerprint density at radius 1 is 1.00 bits per heavy atom. The Bertz CT molecular complexity index is 1170. The van der Waals surface area contributed by atoms with Crippen molar-refractivity contribution in [1.82, 2.24) is 14.8 Å². The Hall–Kier alpha value is -3.19. The first-order valence-corrected chi connectivity index (χ1v) is 13.9. The molecule has 1 aromatic heterocycles. The largest absolute Gasteiger partial charge is 0.385 e. The van der Waals surface area contributed by atoms with E-state index >= 15 is 0 Å². The SMILES string of the molecule is COCCCN(CC(=O)N(CCc1c[nH]c2ccccc12)Cc1ccc(F)cc1)C(=O)CCC1CCCC1. The van der Waals surface area contributed by atoms with E-state index in [2.05, 4.69) is 11.1 Å². The zero-order valence-corrected chi connectivity index (χ0v) is 22.5. The van der Waals surface area contributed by atoms with Crippen LogP contribution >= 0.6 is 0 Å². The molecule has 0 saturated heterocycles. The van der Waals surface area contributed by atoms with Gasteiger partial charge in [0.25, 0.3) is 0 Å². The average molecular weight is 522 g/mol. The first-order valence-electron chi connectivity index (χ1n) is 13.9. The second kappa shape index (κ2) is 14.1. The number of carbonyl (C=O) groups excluding carboxylic acids is 2. The molecule has 4 rings (SSSR count). The number of nitrogens with one attached hydrogen (secondary N) is 1. The van der Waals surface area contributed by atoms with Crippen LogP contribution in [-0.4, -0.2) is 59.9 Å². The summed E-state index contributed by atoms with van der Waals surface area (Å²) in [5.74, 6) is 0.268. The topological polar surface area (TPSA) is 65.6 Å². The molecule has 3 aromatic rings. The van der Waals surface area contributed by atoms with Gasteiger partial charge in [-0.05, 0) is 54.5 Å². The third-order valence-electron chi connectivity index (χ3n) is 7.66. The molecule has 2 aromatic carbocycles. The van der Waals surface area contributed by atoms with Crippen molar-refractivity contribution in [3.63, 3.8) is 0 Å². The minimum absolute atomic E-state index is 0.0414. The Labute approximate surface area is 225 Å². The fourth-order valence-corrected chi connectivity index (χ4v) is 5.44. The zero-order valence-electron chi connectivity index (χ0n) is 22.5. The molecular weight excluding hydrogens is 481 g/mol. The van der Waals surface area contributed by atoms with Gasteiger partial charge in [0.15, 0.2) is 0 Å². The summed E-state index contributed by atoms with van der Waals surface area (Å²) >= 11 is 0. The standard InChI is InChI=1S/C31H40FN3O3/c1-38-20-6-18-34(30(36)16-13-24-7-2-3-8-24)23-31(37)35(22-25-11-14-27(32)15-12-25)19-17-26-21-33-29-10-5-4-9-28(26)29/h4-5,9-12,14-15,21,24,33H,2-3,6-8,13,16-20,22-23H2,1H3. The Morgan fingerprint density at radius 2 is 1.76 bits per heavy atom. The normalized spacial score (nSPS) is 13.7. The molecule has 0 atom stereocenters. The maximum absolute atomic E-state index is 13.7. The number of nitrogens with zero attached hydrogens (tertiary/aromatic N) is 2. The van der Waals surface area contributed by atoms with E-state index in [9.17, 15) is 14.0 Å². The highest BCUT2D eigenvalue weighted by molar-refractivity contribution is 5.85. The van der Waals surface area contributed by atoms with Crippen LogP contribution in [0.1, 0.15) is 56.1 Å². The zero-order chi connectivity index (χ0) is 26.7. The lowest BCUT2D eigenvalue weighted by molar-refractivity contribution is -0.141. The van der Waals surface area contributed by atoms with Crippen molar-refractivity contribution >= 4 is 22.7 Å². The van der Waals surface area contributed by atoms with Gasteiger partial charge in [-0.2, -0.15) is 0 Å². The number of aromatic nitrogens is 1. The van der Waals surface area contributed by atoms with E-state index in [-0.39, 0.29) is 24.2 Å². The van der Waals surface area contributed by atoms with Crippen LogP contribution in [0.3, 0.4) is 0 Å². The predicted octanol–water partition coefficient (Wildman–Crippen LogP) is 5.71. The number of carbonyl (C=O) groups is 2. The van der Waals surface area contributed by atoms with Crippen molar-refractivity contribution in [2.24, 2.45) is 5.92 Å². The number of benzene rings is 2. The van der Waals surface area contributed by atoms with Gasteiger partial charge in [0.2, 0.25) is 11.8 Å². The van der Waals surface area contributed by atoms with E-state index in [1.807, 2.05) is 24.4 Å². The van der Waals surface area contributed by atoms with Crippen LogP contribution in [0, 0.1) is 11.7 Å². The van der Waals surface area contributed by atoms with E-state index in [0.29, 0.717) is 51.4 Å². The van der Waals surface area contributed by atoms with Crippen molar-refractivity contribution in [3.05, 3.63) is 71.7 Å². The summed E-state index contributed by atoms with van der Waals surface area (Å²) in [6.45, 7) is 1.95. The summed E-state index contributed by atoms with van der Waals surface area (Å²) < 4.78 is 18.7. The molecule has 1 aliphatic carbocycles. The number of aromatic amines is 1. The molecule has 0 aliphatic heterocycles. The van der Waals surface area contributed by atoms with Crippen molar-refractivity contribution in [2.45, 2.75) is 57.9 Å². The first-order chi connectivity index (χ1) is 18.5. The van der Waals surface area contributed by atoms with E-state index in [1.54, 1.807) is 29.0 Å². The third-order valence-corrected chi connectivity index (χ3v) is 7.66. The average Bonchev–Trinajstić information content (AvgIpc) is 3.60. The lowest BCUT2D eigenvalue weighted by Crippen LogP contribution is -2.44. The fraction of sp³-hybridized carbons (Fsp3) is 0.484. The van der Waals surface area contributed by atoms with Crippen LogP contribution in [-0.2, 0) is 27.3 Å². The van der Waals surface area contributed by atoms with Gasteiger partial charge in [-0.15, -0.1) is 0 Å². The lowest BCUT2D eigenvalue weighted by atomic mass is 10.0. The predicted molar refractivity (Wildman–Crippen MR) is 148 cm³/mol. The molecule has 204 valence electrons. The van der Waals surface area contributed by atoms with Crippen LogP contribution < -0.4 is 0 Å². The highest BCUT2D eigenvalue weighted by Gasteiger charge is 2.23. The van der Waals surface area contributed by atoms with E-state index in [0.717, 1.165) is 28.5 Å². The molecule has 1 heterocycles. The monoisotopic (exact) mass is 521 g/mol. The smallest absolute Gasteiger partial charge is 0.242 e. The molecule has 1 fully saturated rings. The highest BCUT2D eigenvalue weighted by atomic mass is 19.1. The second-order valence-corrected chi connectivity index (χ2v) is 10.4. The minimum atomic E-state index is -0.303. The molecule has 1 N–H and O–H groups in total. The summed E-state index contributed by atoms with van der Waals surface area (Å²) in [5, 5.41) is 1.14. The minimum Gasteiger partial charge on any atom is -0.385 e. The van der Waals surface area contributed by atoms with E-state index in [4.69, 9.17) is 4.74 Å². The number of hydrogen-bond donors (Lipinski definition) is 1.